The predicted octanol–water partition coefficient (Wildman–Crippen LogP) is 4.77. The highest BCUT2D eigenvalue weighted by atomic mass is 16.2. The number of nitrogens with zero attached hydrogens (tertiary/aromatic N) is 2. The van der Waals surface area contributed by atoms with Crippen molar-refractivity contribution in [3.05, 3.63) is 65.2 Å². The van der Waals surface area contributed by atoms with Crippen molar-refractivity contribution in [2.45, 2.75) is 58.0 Å². The van der Waals surface area contributed by atoms with E-state index in [-0.39, 0.29) is 12.1 Å². The van der Waals surface area contributed by atoms with Crippen LogP contribution in [0.1, 0.15) is 49.3 Å². The number of carbonyl (C=O) groups is 1. The summed E-state index contributed by atoms with van der Waals surface area (Å²) in [5, 5.41) is 3.35. The second-order valence-electron chi connectivity index (χ2n) is 8.40. The third-order valence-electron chi connectivity index (χ3n) is 6.38. The molecule has 0 aromatic heterocycles. The molecule has 2 aromatic rings. The fourth-order valence-electron chi connectivity index (χ4n) is 4.58. The molecule has 0 bridgehead atoms. The van der Waals surface area contributed by atoms with Crippen molar-refractivity contribution in [1.82, 2.24) is 10.2 Å². The van der Waals surface area contributed by atoms with Crippen molar-refractivity contribution in [1.29, 1.82) is 0 Å². The molecule has 4 heteroatoms. The van der Waals surface area contributed by atoms with Gasteiger partial charge in [-0.2, -0.15) is 0 Å². The standard InChI is InChI=1S/C25H33N3O/c1-2-3-16-27-17-14-23(15-18-27)26-25(29)28-19-22-10-5-4-8-20(22)12-13-21-9-6-7-11-24(21)28/h4-11,23H,2-3,12-19H2,1H3,(H,26,29). The van der Waals surface area contributed by atoms with Gasteiger partial charge in [0, 0.05) is 24.8 Å². The molecule has 0 spiro atoms. The summed E-state index contributed by atoms with van der Waals surface area (Å²) in [5.41, 5.74) is 4.92. The normalized spacial score (nSPS) is 17.8. The molecule has 2 heterocycles. The molecule has 0 radical (unpaired) electrons. The van der Waals surface area contributed by atoms with E-state index in [4.69, 9.17) is 0 Å². The molecule has 29 heavy (non-hydrogen) atoms. The van der Waals surface area contributed by atoms with Crippen LogP contribution in [0.4, 0.5) is 10.5 Å². The number of nitrogens with one attached hydrogen (secondary N) is 1. The molecule has 154 valence electrons. The fraction of sp³-hybridized carbons (Fsp3) is 0.480. The highest BCUT2D eigenvalue weighted by Crippen LogP contribution is 2.28. The number of hydrogen-bond acceptors (Lipinski definition) is 2. The zero-order valence-electron chi connectivity index (χ0n) is 17.6. The van der Waals surface area contributed by atoms with E-state index in [2.05, 4.69) is 59.6 Å². The van der Waals surface area contributed by atoms with Crippen molar-refractivity contribution < 1.29 is 4.79 Å². The molecule has 2 aliphatic rings. The Labute approximate surface area is 174 Å². The van der Waals surface area contributed by atoms with Gasteiger partial charge in [0.15, 0.2) is 0 Å². The van der Waals surface area contributed by atoms with Gasteiger partial charge in [0.05, 0.1) is 6.54 Å². The van der Waals surface area contributed by atoms with Crippen LogP contribution in [-0.4, -0.2) is 36.6 Å². The Kier molecular flexibility index (Phi) is 6.50. The second-order valence-corrected chi connectivity index (χ2v) is 8.40. The Morgan fingerprint density at radius 3 is 2.38 bits per heavy atom. The summed E-state index contributed by atoms with van der Waals surface area (Å²) < 4.78 is 0. The van der Waals surface area contributed by atoms with Crippen molar-refractivity contribution in [2.24, 2.45) is 0 Å². The maximum absolute atomic E-state index is 13.4. The van der Waals surface area contributed by atoms with Crippen LogP contribution in [-0.2, 0) is 19.4 Å². The summed E-state index contributed by atoms with van der Waals surface area (Å²) in [4.78, 5) is 17.8. The molecular weight excluding hydrogens is 358 g/mol. The average molecular weight is 392 g/mol. The van der Waals surface area contributed by atoms with E-state index in [9.17, 15) is 4.79 Å². The fourth-order valence-corrected chi connectivity index (χ4v) is 4.58. The predicted molar refractivity (Wildman–Crippen MR) is 119 cm³/mol. The summed E-state index contributed by atoms with van der Waals surface area (Å²) in [5.74, 6) is 0. The molecule has 4 rings (SSSR count). The second kappa shape index (κ2) is 9.45. The number of para-hydroxylation sites is 1. The highest BCUT2D eigenvalue weighted by Gasteiger charge is 2.26. The summed E-state index contributed by atoms with van der Waals surface area (Å²) in [6.45, 7) is 6.24. The number of fused-ring (bicyclic) bond motifs is 2. The summed E-state index contributed by atoms with van der Waals surface area (Å²) >= 11 is 0. The lowest BCUT2D eigenvalue weighted by atomic mass is 9.95. The number of carbonyl (C=O) groups excluding carboxylic acids is 1. The van der Waals surface area contributed by atoms with Gasteiger partial charge in [0.2, 0.25) is 0 Å². The van der Waals surface area contributed by atoms with Gasteiger partial charge in [0.25, 0.3) is 0 Å². The number of amides is 2. The molecule has 0 atom stereocenters. The van der Waals surface area contributed by atoms with Gasteiger partial charge >= 0.3 is 6.03 Å². The number of likely N-dealkylation sites (tertiary alicyclic amines) is 1. The first-order valence-electron chi connectivity index (χ1n) is 11.2. The zero-order valence-corrected chi connectivity index (χ0v) is 17.6. The number of benzene rings is 2. The molecule has 1 saturated heterocycles. The van der Waals surface area contributed by atoms with E-state index in [1.54, 1.807) is 0 Å². The summed E-state index contributed by atoms with van der Waals surface area (Å²) in [7, 11) is 0. The number of rotatable bonds is 4. The monoisotopic (exact) mass is 391 g/mol. The third-order valence-corrected chi connectivity index (χ3v) is 6.38. The number of hydrogen-bond donors (Lipinski definition) is 1. The minimum absolute atomic E-state index is 0.0427. The molecule has 1 N–H and O–H groups in total. The molecule has 1 fully saturated rings. The number of anilines is 1. The maximum Gasteiger partial charge on any atom is 0.322 e. The molecule has 0 unspecified atom stereocenters. The topological polar surface area (TPSA) is 35.6 Å². The van der Waals surface area contributed by atoms with Gasteiger partial charge in [-0.3, -0.25) is 4.90 Å². The van der Waals surface area contributed by atoms with Crippen LogP contribution in [0.5, 0.6) is 0 Å². The van der Waals surface area contributed by atoms with Crippen LogP contribution >= 0.6 is 0 Å². The van der Waals surface area contributed by atoms with Crippen molar-refractivity contribution in [3.63, 3.8) is 0 Å². The van der Waals surface area contributed by atoms with Crippen LogP contribution in [0.3, 0.4) is 0 Å². The SMILES string of the molecule is CCCCN1CCC(NC(=O)N2Cc3ccccc3CCc3ccccc32)CC1. The molecular formula is C25H33N3O. The molecule has 2 amide bonds. The molecule has 0 saturated carbocycles. The first kappa shape index (κ1) is 20.0. The zero-order chi connectivity index (χ0) is 20.1. The van der Waals surface area contributed by atoms with Crippen molar-refractivity contribution >= 4 is 11.7 Å². The Balaban J connectivity index is 1.48. The number of aryl methyl sites for hydroxylation is 2. The lowest BCUT2D eigenvalue weighted by molar-refractivity contribution is 0.192. The van der Waals surface area contributed by atoms with Crippen LogP contribution in [0, 0.1) is 0 Å². The smallest absolute Gasteiger partial charge is 0.322 e. The number of piperidine rings is 1. The lowest BCUT2D eigenvalue weighted by Crippen LogP contribution is -2.49. The van der Waals surface area contributed by atoms with E-state index in [1.165, 1.54) is 36.1 Å². The van der Waals surface area contributed by atoms with Gasteiger partial charge in [-0.15, -0.1) is 0 Å². The Bertz CT molecular complexity index is 826. The highest BCUT2D eigenvalue weighted by molar-refractivity contribution is 5.93. The van der Waals surface area contributed by atoms with E-state index in [0.717, 1.165) is 44.5 Å². The van der Waals surface area contributed by atoms with E-state index in [1.807, 2.05) is 11.0 Å². The van der Waals surface area contributed by atoms with Crippen LogP contribution < -0.4 is 10.2 Å². The average Bonchev–Trinajstić information content (AvgIpc) is 2.75. The van der Waals surface area contributed by atoms with Gasteiger partial charge in [-0.05, 0) is 61.4 Å². The summed E-state index contributed by atoms with van der Waals surface area (Å²) in [6, 6.07) is 17.2. The largest absolute Gasteiger partial charge is 0.335 e. The number of unbranched alkanes of at least 4 members (excludes halogenated alkanes) is 1. The minimum Gasteiger partial charge on any atom is -0.335 e. The van der Waals surface area contributed by atoms with Crippen LogP contribution in [0.2, 0.25) is 0 Å². The quantitative estimate of drug-likeness (QED) is 0.815. The molecule has 0 aliphatic carbocycles. The first-order valence-corrected chi connectivity index (χ1v) is 11.2. The van der Waals surface area contributed by atoms with E-state index >= 15 is 0 Å². The van der Waals surface area contributed by atoms with E-state index in [0.29, 0.717) is 6.54 Å². The molecule has 2 aromatic carbocycles. The Morgan fingerprint density at radius 1 is 0.966 bits per heavy atom. The Morgan fingerprint density at radius 2 is 1.62 bits per heavy atom. The Hall–Kier alpha value is -2.33. The summed E-state index contributed by atoms with van der Waals surface area (Å²) in [6.07, 6.45) is 6.59. The van der Waals surface area contributed by atoms with Gasteiger partial charge in [0.1, 0.15) is 0 Å². The lowest BCUT2D eigenvalue weighted by Gasteiger charge is -2.34. The van der Waals surface area contributed by atoms with Gasteiger partial charge < -0.3 is 10.2 Å². The van der Waals surface area contributed by atoms with Crippen molar-refractivity contribution in [2.75, 3.05) is 24.5 Å². The van der Waals surface area contributed by atoms with Gasteiger partial charge in [-0.25, -0.2) is 4.79 Å². The van der Waals surface area contributed by atoms with Crippen LogP contribution in [0.15, 0.2) is 48.5 Å². The maximum atomic E-state index is 13.4. The number of urea groups is 1. The molecule has 4 nitrogen and oxygen atoms in total. The molecule has 2 aliphatic heterocycles. The first-order chi connectivity index (χ1) is 14.2. The van der Waals surface area contributed by atoms with Crippen molar-refractivity contribution in [3.8, 4) is 0 Å². The van der Waals surface area contributed by atoms with E-state index < -0.39 is 0 Å². The minimum atomic E-state index is 0.0427. The van der Waals surface area contributed by atoms with Crippen LogP contribution in [0.25, 0.3) is 0 Å². The third kappa shape index (κ3) is 4.81. The van der Waals surface area contributed by atoms with Gasteiger partial charge in [-0.1, -0.05) is 55.8 Å².